The maximum atomic E-state index is 5.69. The third kappa shape index (κ3) is 5.05. The summed E-state index contributed by atoms with van der Waals surface area (Å²) in [4.78, 5) is 4.72. The van der Waals surface area contributed by atoms with Gasteiger partial charge < -0.3 is 19.9 Å². The van der Waals surface area contributed by atoms with Gasteiger partial charge in [0.2, 0.25) is 0 Å². The van der Waals surface area contributed by atoms with Gasteiger partial charge in [-0.25, -0.2) is 4.99 Å². The number of nitrogens with one attached hydrogen (secondary N) is 2. The summed E-state index contributed by atoms with van der Waals surface area (Å²) < 4.78 is 7.67. The third-order valence-electron chi connectivity index (χ3n) is 4.66. The van der Waals surface area contributed by atoms with Gasteiger partial charge in [0.1, 0.15) is 5.82 Å². The van der Waals surface area contributed by atoms with Crippen molar-refractivity contribution in [1.82, 2.24) is 25.4 Å². The number of aromatic nitrogens is 3. The Morgan fingerprint density at radius 2 is 2.04 bits per heavy atom. The summed E-state index contributed by atoms with van der Waals surface area (Å²) >= 11 is 0. The molecule has 1 unspecified atom stereocenters. The zero-order valence-electron chi connectivity index (χ0n) is 15.8. The first kappa shape index (κ1) is 18.4. The van der Waals surface area contributed by atoms with Crippen LogP contribution < -0.4 is 10.6 Å². The number of aryl methyl sites for hydroxylation is 2. The highest BCUT2D eigenvalue weighted by molar-refractivity contribution is 5.79. The first-order chi connectivity index (χ1) is 12.6. The van der Waals surface area contributed by atoms with Crippen molar-refractivity contribution < 1.29 is 4.74 Å². The molecule has 1 aliphatic rings. The number of rotatable bonds is 6. The van der Waals surface area contributed by atoms with Crippen molar-refractivity contribution in [2.75, 3.05) is 13.2 Å². The molecule has 3 rings (SSSR count). The van der Waals surface area contributed by atoms with E-state index in [1.807, 2.05) is 18.5 Å². The molecule has 0 spiro atoms. The average molecular weight is 356 g/mol. The monoisotopic (exact) mass is 356 g/mol. The van der Waals surface area contributed by atoms with Gasteiger partial charge in [0.05, 0.1) is 19.2 Å². The van der Waals surface area contributed by atoms with Gasteiger partial charge in [-0.2, -0.15) is 0 Å². The van der Waals surface area contributed by atoms with Crippen LogP contribution in [0.25, 0.3) is 0 Å². The zero-order valence-corrected chi connectivity index (χ0v) is 15.8. The number of benzene rings is 1. The van der Waals surface area contributed by atoms with E-state index in [4.69, 9.17) is 9.73 Å². The van der Waals surface area contributed by atoms with Gasteiger partial charge in [-0.3, -0.25) is 0 Å². The van der Waals surface area contributed by atoms with Crippen LogP contribution in [0.5, 0.6) is 0 Å². The normalized spacial score (nSPS) is 17.5. The first-order valence-electron chi connectivity index (χ1n) is 9.16. The van der Waals surface area contributed by atoms with Crippen LogP contribution in [-0.2, 0) is 24.9 Å². The third-order valence-corrected chi connectivity index (χ3v) is 4.66. The molecule has 1 aliphatic heterocycles. The number of hydrogen-bond donors (Lipinski definition) is 2. The average Bonchev–Trinajstić information content (AvgIpc) is 3.27. The molecule has 7 heteroatoms. The molecule has 2 heterocycles. The molecular weight excluding hydrogens is 328 g/mol. The molecule has 0 amide bonds. The summed E-state index contributed by atoms with van der Waals surface area (Å²) in [5.41, 5.74) is 2.44. The fourth-order valence-electron chi connectivity index (χ4n) is 2.82. The van der Waals surface area contributed by atoms with Crippen LogP contribution in [0.1, 0.15) is 35.6 Å². The molecular formula is C19H28N6O. The Labute approximate surface area is 154 Å². The summed E-state index contributed by atoms with van der Waals surface area (Å²) in [7, 11) is 1.97. The molecule has 7 nitrogen and oxygen atoms in total. The fraction of sp³-hybridized carbons (Fsp3) is 0.526. The highest BCUT2D eigenvalue weighted by atomic mass is 16.5. The Kier molecular flexibility index (Phi) is 6.22. The fourth-order valence-corrected chi connectivity index (χ4v) is 2.82. The van der Waals surface area contributed by atoms with E-state index in [1.54, 1.807) is 0 Å². The molecule has 0 saturated carbocycles. The Balaban J connectivity index is 1.62. The molecule has 1 aromatic heterocycles. The first-order valence-corrected chi connectivity index (χ1v) is 9.16. The van der Waals surface area contributed by atoms with Crippen molar-refractivity contribution in [2.45, 2.75) is 45.9 Å². The summed E-state index contributed by atoms with van der Waals surface area (Å²) in [5.74, 6) is 2.54. The van der Waals surface area contributed by atoms with E-state index < -0.39 is 0 Å². The Bertz CT molecular complexity index is 731. The van der Waals surface area contributed by atoms with E-state index in [9.17, 15) is 0 Å². The van der Waals surface area contributed by atoms with Gasteiger partial charge >= 0.3 is 0 Å². The van der Waals surface area contributed by atoms with E-state index in [0.29, 0.717) is 13.1 Å². The van der Waals surface area contributed by atoms with Gasteiger partial charge in [-0.05, 0) is 32.3 Å². The van der Waals surface area contributed by atoms with Crippen LogP contribution in [0, 0.1) is 13.8 Å². The Morgan fingerprint density at radius 3 is 2.69 bits per heavy atom. The molecule has 0 aliphatic carbocycles. The standard InChI is InChI=1S/C19H28N6O/c1-14-6-8-16(9-7-14)11-20-19(21-12-17-5-4-10-26-17)22-13-18-24-23-15(2)25(18)3/h6-9,17H,4-5,10-13H2,1-3H3,(H2,20,21,22). The molecule has 2 N–H and O–H groups in total. The smallest absolute Gasteiger partial charge is 0.192 e. The number of ether oxygens (including phenoxy) is 1. The SMILES string of the molecule is Cc1ccc(CN=C(NCc2nnc(C)n2C)NCC2CCCO2)cc1. The second-order valence-corrected chi connectivity index (χ2v) is 6.74. The number of aliphatic imine (C=N–C) groups is 1. The molecule has 2 aromatic rings. The van der Waals surface area contributed by atoms with E-state index in [2.05, 4.69) is 52.0 Å². The molecule has 26 heavy (non-hydrogen) atoms. The van der Waals surface area contributed by atoms with Crippen LogP contribution in [0.2, 0.25) is 0 Å². The second-order valence-electron chi connectivity index (χ2n) is 6.74. The zero-order chi connectivity index (χ0) is 18.4. The summed E-state index contributed by atoms with van der Waals surface area (Å²) in [5, 5.41) is 15.0. The van der Waals surface area contributed by atoms with Crippen LogP contribution >= 0.6 is 0 Å². The van der Waals surface area contributed by atoms with Crippen LogP contribution in [0.4, 0.5) is 0 Å². The number of nitrogens with zero attached hydrogens (tertiary/aromatic N) is 4. The molecule has 1 atom stereocenters. The summed E-state index contributed by atoms with van der Waals surface area (Å²) in [6.07, 6.45) is 2.49. The maximum Gasteiger partial charge on any atom is 0.192 e. The van der Waals surface area contributed by atoms with Gasteiger partial charge in [0.25, 0.3) is 0 Å². The van der Waals surface area contributed by atoms with Crippen molar-refractivity contribution >= 4 is 5.96 Å². The highest BCUT2D eigenvalue weighted by Gasteiger charge is 2.16. The number of hydrogen-bond acceptors (Lipinski definition) is 4. The molecule has 1 aromatic carbocycles. The molecule has 1 saturated heterocycles. The quantitative estimate of drug-likeness (QED) is 0.610. The number of guanidine groups is 1. The van der Waals surface area contributed by atoms with Crippen molar-refractivity contribution in [3.63, 3.8) is 0 Å². The second kappa shape index (κ2) is 8.80. The van der Waals surface area contributed by atoms with Gasteiger partial charge in [0.15, 0.2) is 11.8 Å². The minimum atomic E-state index is 0.262. The largest absolute Gasteiger partial charge is 0.376 e. The molecule has 0 radical (unpaired) electrons. The molecule has 140 valence electrons. The lowest BCUT2D eigenvalue weighted by Crippen LogP contribution is -2.41. The van der Waals surface area contributed by atoms with Gasteiger partial charge in [0, 0.05) is 20.2 Å². The van der Waals surface area contributed by atoms with E-state index >= 15 is 0 Å². The lowest BCUT2D eigenvalue weighted by atomic mass is 10.1. The summed E-state index contributed by atoms with van der Waals surface area (Å²) in [6, 6.07) is 8.45. The van der Waals surface area contributed by atoms with E-state index in [1.165, 1.54) is 11.1 Å². The van der Waals surface area contributed by atoms with Gasteiger partial charge in [-0.1, -0.05) is 29.8 Å². The lowest BCUT2D eigenvalue weighted by molar-refractivity contribution is 0.113. The minimum Gasteiger partial charge on any atom is -0.376 e. The minimum absolute atomic E-state index is 0.262. The van der Waals surface area contributed by atoms with Crippen LogP contribution in [0.3, 0.4) is 0 Å². The Morgan fingerprint density at radius 1 is 1.23 bits per heavy atom. The van der Waals surface area contributed by atoms with Crippen molar-refractivity contribution in [1.29, 1.82) is 0 Å². The van der Waals surface area contributed by atoms with E-state index in [-0.39, 0.29) is 6.10 Å². The van der Waals surface area contributed by atoms with Crippen molar-refractivity contribution in [3.8, 4) is 0 Å². The molecule has 1 fully saturated rings. The van der Waals surface area contributed by atoms with Gasteiger partial charge in [-0.15, -0.1) is 10.2 Å². The van der Waals surface area contributed by atoms with Crippen LogP contribution in [0.15, 0.2) is 29.3 Å². The van der Waals surface area contributed by atoms with E-state index in [0.717, 1.165) is 43.6 Å². The lowest BCUT2D eigenvalue weighted by Gasteiger charge is -2.15. The Hall–Kier alpha value is -2.41. The predicted molar refractivity (Wildman–Crippen MR) is 102 cm³/mol. The molecule has 0 bridgehead atoms. The predicted octanol–water partition coefficient (Wildman–Crippen LogP) is 1.85. The van der Waals surface area contributed by atoms with Crippen molar-refractivity contribution in [3.05, 3.63) is 47.0 Å². The summed E-state index contributed by atoms with van der Waals surface area (Å²) in [6.45, 7) is 6.84. The van der Waals surface area contributed by atoms with Crippen molar-refractivity contribution in [2.24, 2.45) is 12.0 Å². The maximum absolute atomic E-state index is 5.69. The highest BCUT2D eigenvalue weighted by Crippen LogP contribution is 2.10. The topological polar surface area (TPSA) is 76.4 Å². The van der Waals surface area contributed by atoms with Crippen LogP contribution in [-0.4, -0.2) is 40.0 Å².